The van der Waals surface area contributed by atoms with Crippen LogP contribution in [0.3, 0.4) is 0 Å². The molecule has 3 heteroatoms. The summed E-state index contributed by atoms with van der Waals surface area (Å²) in [5.74, 6) is 1.93. The first-order valence-electron chi connectivity index (χ1n) is 8.32. The van der Waals surface area contributed by atoms with Gasteiger partial charge in [0.15, 0.2) is 5.96 Å². The van der Waals surface area contributed by atoms with E-state index in [9.17, 15) is 0 Å². The molecule has 0 atom stereocenters. The van der Waals surface area contributed by atoms with Gasteiger partial charge in [0, 0.05) is 25.6 Å². The molecule has 0 aliphatic heterocycles. The van der Waals surface area contributed by atoms with E-state index in [2.05, 4.69) is 46.0 Å². The van der Waals surface area contributed by atoms with E-state index >= 15 is 0 Å². The van der Waals surface area contributed by atoms with Crippen LogP contribution >= 0.6 is 0 Å². The van der Waals surface area contributed by atoms with Crippen molar-refractivity contribution < 1.29 is 0 Å². The Labute approximate surface area is 128 Å². The second-order valence-electron chi connectivity index (χ2n) is 6.58. The van der Waals surface area contributed by atoms with Crippen LogP contribution in [0.1, 0.15) is 44.1 Å². The van der Waals surface area contributed by atoms with Crippen molar-refractivity contribution in [2.24, 2.45) is 10.9 Å². The Bertz CT molecular complexity index is 472. The number of hydrogen-bond donors (Lipinski definition) is 2. The van der Waals surface area contributed by atoms with E-state index in [4.69, 9.17) is 0 Å². The molecule has 3 nitrogen and oxygen atoms in total. The maximum Gasteiger partial charge on any atom is 0.191 e. The highest BCUT2D eigenvalue weighted by molar-refractivity contribution is 5.79. The Morgan fingerprint density at radius 3 is 2.52 bits per heavy atom. The van der Waals surface area contributed by atoms with E-state index in [1.54, 1.807) is 0 Å². The Balaban J connectivity index is 1.51. The minimum Gasteiger partial charge on any atom is -0.356 e. The number of hydrogen-bond acceptors (Lipinski definition) is 1. The summed E-state index contributed by atoms with van der Waals surface area (Å²) in [5.41, 5.74) is 1.78. The lowest BCUT2D eigenvalue weighted by Crippen LogP contribution is -2.49. The molecular weight excluding hydrogens is 258 g/mol. The molecule has 0 spiro atoms. The molecular formula is C18H27N3. The summed E-state index contributed by atoms with van der Waals surface area (Å²) in [6.45, 7) is 2.03. The summed E-state index contributed by atoms with van der Waals surface area (Å²) in [7, 11) is 1.86. The molecule has 1 aromatic rings. The molecule has 3 rings (SSSR count). The minimum absolute atomic E-state index is 0.315. The fourth-order valence-electron chi connectivity index (χ4n) is 3.24. The Hall–Kier alpha value is -1.51. The van der Waals surface area contributed by atoms with E-state index in [1.165, 1.54) is 44.1 Å². The lowest BCUT2D eigenvalue weighted by Gasteiger charge is -2.43. The average Bonchev–Trinajstić information content (AvgIpc) is 3.29. The quantitative estimate of drug-likeness (QED) is 0.622. The monoisotopic (exact) mass is 285 g/mol. The van der Waals surface area contributed by atoms with Crippen LogP contribution in [0.25, 0.3) is 0 Å². The molecule has 0 amide bonds. The first-order chi connectivity index (χ1) is 10.3. The summed E-state index contributed by atoms with van der Waals surface area (Å²) in [6, 6.07) is 10.9. The van der Waals surface area contributed by atoms with Crippen molar-refractivity contribution in [1.29, 1.82) is 0 Å². The van der Waals surface area contributed by atoms with Gasteiger partial charge in [0.1, 0.15) is 0 Å². The summed E-state index contributed by atoms with van der Waals surface area (Å²) in [5, 5.41) is 7.00. The molecule has 2 fully saturated rings. The number of nitrogens with one attached hydrogen (secondary N) is 2. The molecule has 21 heavy (non-hydrogen) atoms. The molecule has 2 aliphatic rings. The van der Waals surface area contributed by atoms with E-state index in [0.29, 0.717) is 5.41 Å². The second kappa shape index (κ2) is 6.50. The standard InChI is InChI=1S/C18H27N3/c1-19-17(20-13-10-15-8-9-15)21-14-18(11-5-12-18)16-6-3-2-4-7-16/h2-4,6-7,15H,5,8-14H2,1H3,(H2,19,20,21). The van der Waals surface area contributed by atoms with Gasteiger partial charge in [-0.05, 0) is 30.7 Å². The van der Waals surface area contributed by atoms with Gasteiger partial charge >= 0.3 is 0 Å². The third kappa shape index (κ3) is 3.58. The summed E-state index contributed by atoms with van der Waals surface area (Å²) < 4.78 is 0. The van der Waals surface area contributed by atoms with Crippen LogP contribution in [0, 0.1) is 5.92 Å². The van der Waals surface area contributed by atoms with Gasteiger partial charge in [-0.3, -0.25) is 4.99 Å². The zero-order valence-electron chi connectivity index (χ0n) is 13.1. The Morgan fingerprint density at radius 1 is 1.19 bits per heavy atom. The van der Waals surface area contributed by atoms with Crippen LogP contribution in [0.2, 0.25) is 0 Å². The van der Waals surface area contributed by atoms with Crippen molar-refractivity contribution in [3.63, 3.8) is 0 Å². The van der Waals surface area contributed by atoms with Gasteiger partial charge in [-0.15, -0.1) is 0 Å². The van der Waals surface area contributed by atoms with Crippen molar-refractivity contribution in [1.82, 2.24) is 10.6 Å². The maximum atomic E-state index is 4.35. The molecule has 0 bridgehead atoms. The van der Waals surface area contributed by atoms with Crippen LogP contribution in [0.4, 0.5) is 0 Å². The van der Waals surface area contributed by atoms with E-state index in [1.807, 2.05) is 7.05 Å². The summed E-state index contributed by atoms with van der Waals surface area (Å²) in [6.07, 6.45) is 8.02. The highest BCUT2D eigenvalue weighted by Gasteiger charge is 2.38. The zero-order valence-corrected chi connectivity index (χ0v) is 13.1. The highest BCUT2D eigenvalue weighted by atomic mass is 15.2. The van der Waals surface area contributed by atoms with Crippen LogP contribution in [0.15, 0.2) is 35.3 Å². The van der Waals surface area contributed by atoms with Crippen LogP contribution < -0.4 is 10.6 Å². The maximum absolute atomic E-state index is 4.35. The lowest BCUT2D eigenvalue weighted by atomic mass is 9.64. The van der Waals surface area contributed by atoms with Crippen molar-refractivity contribution in [3.8, 4) is 0 Å². The Morgan fingerprint density at radius 2 is 1.95 bits per heavy atom. The second-order valence-corrected chi connectivity index (χ2v) is 6.58. The predicted octanol–water partition coefficient (Wildman–Crippen LogP) is 3.07. The van der Waals surface area contributed by atoms with Gasteiger partial charge in [-0.2, -0.15) is 0 Å². The first-order valence-corrected chi connectivity index (χ1v) is 8.32. The zero-order chi connectivity index (χ0) is 14.5. The first kappa shape index (κ1) is 14.4. The SMILES string of the molecule is CN=C(NCCC1CC1)NCC1(c2ccccc2)CCC1. The molecule has 1 aromatic carbocycles. The molecule has 0 unspecified atom stereocenters. The van der Waals surface area contributed by atoms with E-state index < -0.39 is 0 Å². The largest absolute Gasteiger partial charge is 0.356 e. The summed E-state index contributed by atoms with van der Waals surface area (Å²) >= 11 is 0. The minimum atomic E-state index is 0.315. The van der Waals surface area contributed by atoms with Gasteiger partial charge in [-0.1, -0.05) is 49.6 Å². The molecule has 2 aliphatic carbocycles. The van der Waals surface area contributed by atoms with Gasteiger partial charge < -0.3 is 10.6 Å². The average molecular weight is 285 g/mol. The van der Waals surface area contributed by atoms with Crippen LogP contribution in [0.5, 0.6) is 0 Å². The molecule has 0 heterocycles. The van der Waals surface area contributed by atoms with Gasteiger partial charge in [0.25, 0.3) is 0 Å². The molecule has 2 N–H and O–H groups in total. The molecule has 0 radical (unpaired) electrons. The smallest absolute Gasteiger partial charge is 0.191 e. The van der Waals surface area contributed by atoms with Crippen molar-refractivity contribution >= 4 is 5.96 Å². The number of aliphatic imine (C=N–C) groups is 1. The van der Waals surface area contributed by atoms with Crippen molar-refractivity contribution in [2.45, 2.75) is 43.9 Å². The van der Waals surface area contributed by atoms with Crippen LogP contribution in [-0.2, 0) is 5.41 Å². The number of benzene rings is 1. The van der Waals surface area contributed by atoms with Crippen LogP contribution in [-0.4, -0.2) is 26.1 Å². The van der Waals surface area contributed by atoms with Gasteiger partial charge in [-0.25, -0.2) is 0 Å². The number of guanidine groups is 1. The Kier molecular flexibility index (Phi) is 4.47. The molecule has 114 valence electrons. The van der Waals surface area contributed by atoms with Gasteiger partial charge in [0.05, 0.1) is 0 Å². The van der Waals surface area contributed by atoms with E-state index in [0.717, 1.165) is 25.0 Å². The normalized spacial score (nSPS) is 20.7. The predicted molar refractivity (Wildman–Crippen MR) is 88.7 cm³/mol. The molecule has 0 aromatic heterocycles. The molecule has 2 saturated carbocycles. The topological polar surface area (TPSA) is 36.4 Å². The fourth-order valence-corrected chi connectivity index (χ4v) is 3.24. The third-order valence-corrected chi connectivity index (χ3v) is 5.06. The summed E-state index contributed by atoms with van der Waals surface area (Å²) in [4.78, 5) is 4.35. The molecule has 0 saturated heterocycles. The van der Waals surface area contributed by atoms with Crippen molar-refractivity contribution in [3.05, 3.63) is 35.9 Å². The fraction of sp³-hybridized carbons (Fsp3) is 0.611. The third-order valence-electron chi connectivity index (χ3n) is 5.06. The number of nitrogens with zero attached hydrogens (tertiary/aromatic N) is 1. The highest BCUT2D eigenvalue weighted by Crippen LogP contribution is 2.43. The lowest BCUT2D eigenvalue weighted by molar-refractivity contribution is 0.244. The number of rotatable bonds is 6. The van der Waals surface area contributed by atoms with Gasteiger partial charge in [0.2, 0.25) is 0 Å². The van der Waals surface area contributed by atoms with Crippen molar-refractivity contribution in [2.75, 3.05) is 20.1 Å². The van der Waals surface area contributed by atoms with E-state index in [-0.39, 0.29) is 0 Å².